The summed E-state index contributed by atoms with van der Waals surface area (Å²) in [5, 5.41) is 13.7. The van der Waals surface area contributed by atoms with Gasteiger partial charge >= 0.3 is 6.09 Å². The average molecular weight is 331 g/mol. The summed E-state index contributed by atoms with van der Waals surface area (Å²) in [6.07, 6.45) is 0.817. The van der Waals surface area contributed by atoms with Crippen molar-refractivity contribution < 1.29 is 14.5 Å². The Hall–Kier alpha value is -1.90. The summed E-state index contributed by atoms with van der Waals surface area (Å²) in [7, 11) is 1.33. The van der Waals surface area contributed by atoms with Gasteiger partial charge in [0.05, 0.1) is 22.5 Å². The fourth-order valence-corrected chi connectivity index (χ4v) is 2.13. The molecule has 0 atom stereocenters. The first-order chi connectivity index (χ1) is 9.01. The smallest absolute Gasteiger partial charge is 0.409 e. The fourth-order valence-electron chi connectivity index (χ4n) is 1.68. The number of hydrogen-bond donors (Lipinski definition) is 1. The molecule has 1 aliphatic rings. The number of carbonyl (C=O) groups excluding carboxylic acids is 1. The van der Waals surface area contributed by atoms with E-state index in [1.807, 2.05) is 0 Å². The monoisotopic (exact) mass is 330 g/mol. The van der Waals surface area contributed by atoms with Gasteiger partial charge < -0.3 is 15.0 Å². The molecule has 0 unspecified atom stereocenters. The van der Waals surface area contributed by atoms with Gasteiger partial charge in [-0.1, -0.05) is 0 Å². The first-order valence-corrected chi connectivity index (χ1v) is 6.20. The van der Waals surface area contributed by atoms with Crippen molar-refractivity contribution in [3.63, 3.8) is 0 Å². The highest BCUT2D eigenvalue weighted by Gasteiger charge is 2.31. The zero-order valence-electron chi connectivity index (χ0n) is 10.00. The lowest BCUT2D eigenvalue weighted by atomic mass is 10.1. The minimum absolute atomic E-state index is 0.0596. The van der Waals surface area contributed by atoms with Gasteiger partial charge in [-0.3, -0.25) is 10.1 Å². The number of methoxy groups -OCH3 is 1. The van der Waals surface area contributed by atoms with E-state index in [0.717, 1.165) is 0 Å². The largest absolute Gasteiger partial charge is 0.453 e. The second-order valence-corrected chi connectivity index (χ2v) is 4.85. The van der Waals surface area contributed by atoms with Gasteiger partial charge in [-0.15, -0.1) is 0 Å². The van der Waals surface area contributed by atoms with E-state index in [9.17, 15) is 14.9 Å². The molecule has 0 bridgehead atoms. The first-order valence-electron chi connectivity index (χ1n) is 5.40. The number of anilines is 1. The van der Waals surface area contributed by atoms with Gasteiger partial charge in [-0.2, -0.15) is 0 Å². The third-order valence-corrected chi connectivity index (χ3v) is 3.30. The Morgan fingerprint density at radius 2 is 2.37 bits per heavy atom. The van der Waals surface area contributed by atoms with Crippen LogP contribution in [0.4, 0.5) is 16.3 Å². The number of amides is 1. The van der Waals surface area contributed by atoms with Crippen LogP contribution in [0.5, 0.6) is 0 Å². The Kier molecular flexibility index (Phi) is 3.84. The van der Waals surface area contributed by atoms with Gasteiger partial charge in [-0.05, 0) is 15.9 Å². The molecular weight excluding hydrogens is 320 g/mol. The van der Waals surface area contributed by atoms with Crippen molar-refractivity contribution in [2.45, 2.75) is 6.04 Å². The number of ether oxygens (including phenoxy) is 1. The predicted molar refractivity (Wildman–Crippen MR) is 70.0 cm³/mol. The van der Waals surface area contributed by atoms with Crippen molar-refractivity contribution in [2.75, 3.05) is 25.5 Å². The molecular formula is C10H11BrN4O4. The molecule has 9 heteroatoms. The first kappa shape index (κ1) is 13.5. The third kappa shape index (κ3) is 2.92. The van der Waals surface area contributed by atoms with Crippen LogP contribution in [-0.4, -0.2) is 47.1 Å². The lowest BCUT2D eigenvalue weighted by Gasteiger charge is -2.38. The van der Waals surface area contributed by atoms with Crippen molar-refractivity contribution in [1.29, 1.82) is 0 Å². The maximum Gasteiger partial charge on any atom is 0.409 e. The van der Waals surface area contributed by atoms with E-state index in [2.05, 4.69) is 31.0 Å². The second-order valence-electron chi connectivity index (χ2n) is 4.00. The van der Waals surface area contributed by atoms with Crippen molar-refractivity contribution in [3.05, 3.63) is 26.9 Å². The van der Waals surface area contributed by atoms with Gasteiger partial charge in [0, 0.05) is 19.2 Å². The summed E-state index contributed by atoms with van der Waals surface area (Å²) in [4.78, 5) is 26.7. The molecule has 0 saturated carbocycles. The molecule has 1 saturated heterocycles. The summed E-state index contributed by atoms with van der Waals surface area (Å²) < 4.78 is 5.09. The number of nitrogens with zero attached hydrogens (tertiary/aromatic N) is 3. The normalized spacial score (nSPS) is 14.7. The van der Waals surface area contributed by atoms with Crippen LogP contribution in [0.1, 0.15) is 0 Å². The summed E-state index contributed by atoms with van der Waals surface area (Å²) in [6, 6.07) is 1.44. The Labute approximate surface area is 117 Å². The SMILES string of the molecule is COC(=O)N1CC(Nc2ncc([N+](=O)[O-])cc2Br)C1. The van der Waals surface area contributed by atoms with E-state index in [1.54, 1.807) is 0 Å². The minimum atomic E-state index is -0.510. The van der Waals surface area contributed by atoms with Gasteiger partial charge in [0.25, 0.3) is 5.69 Å². The average Bonchev–Trinajstić information content (AvgIpc) is 2.33. The lowest BCUT2D eigenvalue weighted by Crippen LogP contribution is -2.57. The van der Waals surface area contributed by atoms with E-state index in [4.69, 9.17) is 0 Å². The van der Waals surface area contributed by atoms with E-state index >= 15 is 0 Å². The zero-order chi connectivity index (χ0) is 14.0. The van der Waals surface area contributed by atoms with E-state index in [1.165, 1.54) is 24.3 Å². The van der Waals surface area contributed by atoms with Crippen LogP contribution in [0.15, 0.2) is 16.7 Å². The molecule has 8 nitrogen and oxygen atoms in total. The predicted octanol–water partition coefficient (Wildman–Crippen LogP) is 1.61. The van der Waals surface area contributed by atoms with Crippen LogP contribution in [-0.2, 0) is 4.74 Å². The maximum atomic E-state index is 11.2. The van der Waals surface area contributed by atoms with E-state index < -0.39 is 4.92 Å². The minimum Gasteiger partial charge on any atom is -0.453 e. The van der Waals surface area contributed by atoms with Gasteiger partial charge in [0.2, 0.25) is 0 Å². The van der Waals surface area contributed by atoms with E-state index in [0.29, 0.717) is 23.4 Å². The standard InChI is InChI=1S/C10H11BrN4O4/c1-19-10(16)14-4-6(5-14)13-9-8(11)2-7(3-12-9)15(17)18/h2-3,6H,4-5H2,1H3,(H,12,13). The highest BCUT2D eigenvalue weighted by atomic mass is 79.9. The van der Waals surface area contributed by atoms with Gasteiger partial charge in [-0.25, -0.2) is 9.78 Å². The lowest BCUT2D eigenvalue weighted by molar-refractivity contribution is -0.385. The zero-order valence-corrected chi connectivity index (χ0v) is 11.6. The van der Waals surface area contributed by atoms with Crippen LogP contribution in [0.3, 0.4) is 0 Å². The molecule has 1 N–H and O–H groups in total. The van der Waals surface area contributed by atoms with Crippen LogP contribution < -0.4 is 5.32 Å². The summed E-state index contributed by atoms with van der Waals surface area (Å²) in [5.41, 5.74) is -0.0813. The van der Waals surface area contributed by atoms with Crippen molar-refractivity contribution >= 4 is 33.5 Å². The van der Waals surface area contributed by atoms with Gasteiger partial charge in [0.15, 0.2) is 0 Å². The molecule has 2 heterocycles. The van der Waals surface area contributed by atoms with Crippen molar-refractivity contribution in [3.8, 4) is 0 Å². The Balaban J connectivity index is 1.95. The van der Waals surface area contributed by atoms with E-state index in [-0.39, 0.29) is 17.8 Å². The molecule has 0 radical (unpaired) electrons. The quantitative estimate of drug-likeness (QED) is 0.668. The Morgan fingerprint density at radius 1 is 1.68 bits per heavy atom. The number of halogens is 1. The molecule has 2 rings (SSSR count). The van der Waals surface area contributed by atoms with Crippen LogP contribution in [0.25, 0.3) is 0 Å². The highest BCUT2D eigenvalue weighted by molar-refractivity contribution is 9.10. The number of carbonyl (C=O) groups is 1. The molecule has 1 amide bonds. The molecule has 0 aromatic carbocycles. The summed E-state index contributed by atoms with van der Waals surface area (Å²) in [6.45, 7) is 1.02. The number of pyridine rings is 1. The maximum absolute atomic E-state index is 11.2. The van der Waals surface area contributed by atoms with Crippen molar-refractivity contribution in [2.24, 2.45) is 0 Å². The number of hydrogen-bond acceptors (Lipinski definition) is 6. The van der Waals surface area contributed by atoms with Crippen LogP contribution >= 0.6 is 15.9 Å². The third-order valence-electron chi connectivity index (χ3n) is 2.69. The molecule has 1 fully saturated rings. The number of likely N-dealkylation sites (tertiary alicyclic amines) is 1. The Morgan fingerprint density at radius 3 is 2.89 bits per heavy atom. The molecule has 1 aromatic heterocycles. The number of rotatable bonds is 3. The molecule has 0 spiro atoms. The number of aromatic nitrogens is 1. The summed E-state index contributed by atoms with van der Waals surface area (Å²) in [5.74, 6) is 0.514. The van der Waals surface area contributed by atoms with Gasteiger partial charge in [0.1, 0.15) is 12.0 Å². The summed E-state index contributed by atoms with van der Waals surface area (Å²) >= 11 is 3.22. The topological polar surface area (TPSA) is 97.6 Å². The van der Waals surface area contributed by atoms with Crippen molar-refractivity contribution in [1.82, 2.24) is 9.88 Å². The molecule has 19 heavy (non-hydrogen) atoms. The van der Waals surface area contributed by atoms with Crippen LogP contribution in [0, 0.1) is 10.1 Å². The molecule has 1 aliphatic heterocycles. The second kappa shape index (κ2) is 5.39. The number of nitrogens with one attached hydrogen (secondary N) is 1. The highest BCUT2D eigenvalue weighted by Crippen LogP contribution is 2.26. The Bertz CT molecular complexity index is 518. The van der Waals surface area contributed by atoms with Crippen LogP contribution in [0.2, 0.25) is 0 Å². The molecule has 0 aliphatic carbocycles. The fraction of sp³-hybridized carbons (Fsp3) is 0.400. The molecule has 1 aromatic rings. The molecule has 102 valence electrons. The number of nitro groups is 1.